The monoisotopic (exact) mass is 438 g/mol. The first-order valence-corrected chi connectivity index (χ1v) is 11.3. The zero-order chi connectivity index (χ0) is 22.5. The van der Waals surface area contributed by atoms with E-state index in [4.69, 9.17) is 4.74 Å². The second-order valence-corrected chi connectivity index (χ2v) is 9.30. The zero-order valence-electron chi connectivity index (χ0n) is 18.2. The molecule has 32 heavy (non-hydrogen) atoms. The summed E-state index contributed by atoms with van der Waals surface area (Å²) in [6, 6.07) is 5.03. The summed E-state index contributed by atoms with van der Waals surface area (Å²) in [5.41, 5.74) is 1.93. The third-order valence-corrected chi connectivity index (χ3v) is 7.29. The van der Waals surface area contributed by atoms with Gasteiger partial charge in [-0.25, -0.2) is 4.39 Å². The number of carbonyl (C=O) groups excluding carboxylic acids is 2. The first kappa shape index (κ1) is 20.8. The summed E-state index contributed by atoms with van der Waals surface area (Å²) in [4.78, 5) is 31.7. The van der Waals surface area contributed by atoms with Crippen LogP contribution in [-0.4, -0.2) is 40.9 Å². The summed E-state index contributed by atoms with van der Waals surface area (Å²) >= 11 is 0. The zero-order valence-corrected chi connectivity index (χ0v) is 18.2. The number of fused-ring (bicyclic) bond motifs is 3. The van der Waals surface area contributed by atoms with Crippen LogP contribution in [0, 0.1) is 29.0 Å². The Morgan fingerprint density at radius 3 is 2.72 bits per heavy atom. The molecule has 8 heteroatoms. The fourth-order valence-corrected chi connectivity index (χ4v) is 5.29. The molecule has 2 aromatic rings. The quantitative estimate of drug-likeness (QED) is 0.766. The van der Waals surface area contributed by atoms with Crippen LogP contribution in [-0.2, 0) is 22.6 Å². The fraction of sp³-hybridized carbons (Fsp3) is 0.542. The van der Waals surface area contributed by atoms with Crippen molar-refractivity contribution in [2.45, 2.75) is 57.0 Å². The van der Waals surface area contributed by atoms with Crippen molar-refractivity contribution >= 4 is 22.7 Å². The third-order valence-electron chi connectivity index (χ3n) is 7.29. The molecular weight excluding hydrogens is 411 g/mol. The van der Waals surface area contributed by atoms with E-state index in [1.54, 1.807) is 4.90 Å². The first-order chi connectivity index (χ1) is 15.4. The van der Waals surface area contributed by atoms with Crippen LogP contribution in [0.25, 0.3) is 10.9 Å². The van der Waals surface area contributed by atoms with Gasteiger partial charge in [-0.15, -0.1) is 0 Å². The highest BCUT2D eigenvalue weighted by Crippen LogP contribution is 2.39. The van der Waals surface area contributed by atoms with E-state index >= 15 is 0 Å². The van der Waals surface area contributed by atoms with Crippen LogP contribution >= 0.6 is 0 Å². The topological polar surface area (TPSA) is 98.2 Å². The molecule has 2 saturated carbocycles. The SMILES string of the molecule is COc1cc(F)cc2c3c([nH]c12)CCN(C(=O)[C@@H]1CCCC[C@H]1C(=O)NC1(C#N)CC1)C3. The lowest BCUT2D eigenvalue weighted by Gasteiger charge is -2.36. The van der Waals surface area contributed by atoms with Crippen LogP contribution in [0.5, 0.6) is 5.75 Å². The summed E-state index contributed by atoms with van der Waals surface area (Å²) in [6.45, 7) is 0.935. The first-order valence-electron chi connectivity index (χ1n) is 11.3. The highest BCUT2D eigenvalue weighted by atomic mass is 19.1. The fourth-order valence-electron chi connectivity index (χ4n) is 5.29. The highest BCUT2D eigenvalue weighted by Gasteiger charge is 2.47. The average molecular weight is 439 g/mol. The minimum absolute atomic E-state index is 0.0185. The molecule has 2 heterocycles. The predicted molar refractivity (Wildman–Crippen MR) is 115 cm³/mol. The minimum atomic E-state index is -0.727. The number of amides is 2. The van der Waals surface area contributed by atoms with Crippen molar-refractivity contribution in [2.75, 3.05) is 13.7 Å². The maximum atomic E-state index is 14.1. The summed E-state index contributed by atoms with van der Waals surface area (Å²) in [5, 5.41) is 13.0. The van der Waals surface area contributed by atoms with Crippen LogP contribution in [0.3, 0.4) is 0 Å². The van der Waals surface area contributed by atoms with Gasteiger partial charge in [0.15, 0.2) is 0 Å². The number of ether oxygens (including phenoxy) is 1. The lowest BCUT2D eigenvalue weighted by molar-refractivity contribution is -0.144. The molecule has 0 saturated heterocycles. The van der Waals surface area contributed by atoms with Crippen molar-refractivity contribution in [3.8, 4) is 11.8 Å². The molecule has 168 valence electrons. The van der Waals surface area contributed by atoms with Crippen LogP contribution < -0.4 is 10.1 Å². The van der Waals surface area contributed by atoms with Gasteiger partial charge in [-0.3, -0.25) is 9.59 Å². The molecule has 0 unspecified atom stereocenters. The summed E-state index contributed by atoms with van der Waals surface area (Å²) < 4.78 is 19.5. The van der Waals surface area contributed by atoms with E-state index in [0.29, 0.717) is 50.9 Å². The average Bonchev–Trinajstić information content (AvgIpc) is 3.50. The van der Waals surface area contributed by atoms with Gasteiger partial charge in [0.2, 0.25) is 11.8 Å². The molecule has 5 rings (SSSR count). The Morgan fingerprint density at radius 2 is 2.03 bits per heavy atom. The van der Waals surface area contributed by atoms with Gasteiger partial charge in [-0.1, -0.05) is 12.8 Å². The molecule has 1 aliphatic heterocycles. The van der Waals surface area contributed by atoms with Gasteiger partial charge in [0.05, 0.1) is 18.7 Å². The number of H-pyrrole nitrogens is 1. The number of hydrogen-bond acceptors (Lipinski definition) is 4. The second-order valence-electron chi connectivity index (χ2n) is 9.30. The second kappa shape index (κ2) is 7.80. The maximum Gasteiger partial charge on any atom is 0.226 e. The molecule has 0 radical (unpaired) electrons. The number of rotatable bonds is 4. The van der Waals surface area contributed by atoms with Crippen molar-refractivity contribution < 1.29 is 18.7 Å². The number of hydrogen-bond donors (Lipinski definition) is 2. The molecule has 7 nitrogen and oxygen atoms in total. The molecule has 0 bridgehead atoms. The van der Waals surface area contributed by atoms with Crippen LogP contribution in [0.2, 0.25) is 0 Å². The molecule has 2 aliphatic carbocycles. The van der Waals surface area contributed by atoms with Gasteiger partial charge < -0.3 is 19.9 Å². The lowest BCUT2D eigenvalue weighted by Crippen LogP contribution is -2.48. The van der Waals surface area contributed by atoms with Crippen molar-refractivity contribution in [2.24, 2.45) is 11.8 Å². The largest absolute Gasteiger partial charge is 0.494 e. The Morgan fingerprint density at radius 1 is 1.28 bits per heavy atom. The Bertz CT molecular complexity index is 1130. The Kier molecular flexibility index (Phi) is 5.07. The van der Waals surface area contributed by atoms with Crippen molar-refractivity contribution in [3.63, 3.8) is 0 Å². The lowest BCUT2D eigenvalue weighted by atomic mass is 9.77. The number of nitriles is 1. The molecule has 2 atom stereocenters. The number of aromatic amines is 1. The molecule has 1 aromatic heterocycles. The van der Waals surface area contributed by atoms with E-state index in [9.17, 15) is 19.2 Å². The summed E-state index contributed by atoms with van der Waals surface area (Å²) in [7, 11) is 1.51. The van der Waals surface area contributed by atoms with Gasteiger partial charge in [0, 0.05) is 54.1 Å². The molecular formula is C24H27FN4O3. The van der Waals surface area contributed by atoms with Crippen molar-refractivity contribution in [3.05, 3.63) is 29.2 Å². The summed E-state index contributed by atoms with van der Waals surface area (Å²) in [6.07, 6.45) is 5.16. The smallest absolute Gasteiger partial charge is 0.226 e. The van der Waals surface area contributed by atoms with Crippen molar-refractivity contribution in [1.29, 1.82) is 5.26 Å². The van der Waals surface area contributed by atoms with Gasteiger partial charge in [-0.2, -0.15) is 5.26 Å². The van der Waals surface area contributed by atoms with Crippen LogP contribution in [0.4, 0.5) is 4.39 Å². The number of nitrogens with one attached hydrogen (secondary N) is 2. The predicted octanol–water partition coefficient (Wildman–Crippen LogP) is 3.18. The number of carbonyl (C=O) groups is 2. The van der Waals surface area contributed by atoms with E-state index in [1.165, 1.54) is 19.2 Å². The number of benzene rings is 1. The Hall–Kier alpha value is -3.08. The molecule has 1 aromatic carbocycles. The molecule has 2 fully saturated rings. The third kappa shape index (κ3) is 3.50. The molecule has 2 N–H and O–H groups in total. The van der Waals surface area contributed by atoms with Crippen LogP contribution in [0.15, 0.2) is 12.1 Å². The van der Waals surface area contributed by atoms with E-state index in [2.05, 4.69) is 16.4 Å². The molecule has 0 spiro atoms. The van der Waals surface area contributed by atoms with Gasteiger partial charge in [0.25, 0.3) is 0 Å². The highest BCUT2D eigenvalue weighted by molar-refractivity contribution is 5.92. The van der Waals surface area contributed by atoms with Crippen molar-refractivity contribution in [1.82, 2.24) is 15.2 Å². The number of halogens is 1. The van der Waals surface area contributed by atoms with Gasteiger partial charge >= 0.3 is 0 Å². The Labute approximate surface area is 185 Å². The number of aromatic nitrogens is 1. The van der Waals surface area contributed by atoms with E-state index in [1.807, 2.05) is 0 Å². The summed E-state index contributed by atoms with van der Waals surface area (Å²) in [5.74, 6) is -0.896. The normalized spacial score (nSPS) is 23.8. The standard InChI is InChI=1S/C24H27FN4O3/c1-32-20-11-14(25)10-17-18-12-29(9-6-19(18)27-21(17)20)23(31)16-5-3-2-4-15(16)22(30)28-24(13-26)7-8-24/h10-11,15-16,27H,2-9,12H2,1H3,(H,28,30)/t15-,16-/m1/s1. The number of nitrogens with zero attached hydrogens (tertiary/aromatic N) is 2. The van der Waals surface area contributed by atoms with Crippen LogP contribution in [0.1, 0.15) is 49.8 Å². The van der Waals surface area contributed by atoms with E-state index in [-0.39, 0.29) is 23.5 Å². The van der Waals surface area contributed by atoms with E-state index in [0.717, 1.165) is 35.0 Å². The molecule has 2 amide bonds. The minimum Gasteiger partial charge on any atom is -0.494 e. The Balaban J connectivity index is 1.38. The maximum absolute atomic E-state index is 14.1. The van der Waals surface area contributed by atoms with Gasteiger partial charge in [-0.05, 0) is 31.7 Å². The van der Waals surface area contributed by atoms with E-state index < -0.39 is 11.5 Å². The van der Waals surface area contributed by atoms with Gasteiger partial charge in [0.1, 0.15) is 17.1 Å². The molecule has 3 aliphatic rings. The number of methoxy groups -OCH3 is 1.